The highest BCUT2D eigenvalue weighted by Gasteiger charge is 2.30. The van der Waals surface area contributed by atoms with Crippen LogP contribution < -0.4 is 15.4 Å². The molecule has 8 heteroatoms. The normalized spacial score (nSPS) is 19.1. The van der Waals surface area contributed by atoms with Gasteiger partial charge in [-0.1, -0.05) is 25.1 Å². The van der Waals surface area contributed by atoms with Crippen molar-refractivity contribution in [2.45, 2.75) is 38.8 Å². The molecule has 3 N–H and O–H groups in total. The minimum atomic E-state index is -0.291. The quantitative estimate of drug-likeness (QED) is 0.471. The second kappa shape index (κ2) is 11.1. The van der Waals surface area contributed by atoms with Crippen molar-refractivity contribution in [3.8, 4) is 5.75 Å². The first-order valence-electron chi connectivity index (χ1n) is 12.5. The first-order chi connectivity index (χ1) is 17.3. The summed E-state index contributed by atoms with van der Waals surface area (Å²) in [7, 11) is 3.85. The van der Waals surface area contributed by atoms with Gasteiger partial charge in [0.2, 0.25) is 11.8 Å². The van der Waals surface area contributed by atoms with Gasteiger partial charge in [0, 0.05) is 54.4 Å². The monoisotopic (exact) mass is 492 g/mol. The predicted molar refractivity (Wildman–Crippen MR) is 141 cm³/mol. The summed E-state index contributed by atoms with van der Waals surface area (Å²) in [6, 6.07) is 13.2. The number of aliphatic hydroxyl groups excluding tert-OH is 1. The third kappa shape index (κ3) is 5.55. The summed E-state index contributed by atoms with van der Waals surface area (Å²) in [5.74, 6) is 0.499. The number of amides is 2. The third-order valence-corrected chi connectivity index (χ3v) is 6.94. The summed E-state index contributed by atoms with van der Waals surface area (Å²) >= 11 is 0. The lowest BCUT2D eigenvalue weighted by Gasteiger charge is -2.32. The topological polar surface area (TPSA) is 95.8 Å². The number of para-hydroxylation sites is 1. The Kier molecular flexibility index (Phi) is 7.96. The van der Waals surface area contributed by atoms with Gasteiger partial charge in [0.15, 0.2) is 0 Å². The zero-order valence-corrected chi connectivity index (χ0v) is 21.5. The molecule has 192 valence electrons. The zero-order valence-electron chi connectivity index (χ0n) is 21.5. The summed E-state index contributed by atoms with van der Waals surface area (Å²) in [5, 5.41) is 17.0. The van der Waals surface area contributed by atoms with Gasteiger partial charge >= 0.3 is 0 Å². The number of rotatable bonds is 7. The van der Waals surface area contributed by atoms with Crippen LogP contribution >= 0.6 is 0 Å². The van der Waals surface area contributed by atoms with Crippen molar-refractivity contribution in [1.29, 1.82) is 0 Å². The van der Waals surface area contributed by atoms with Crippen LogP contribution in [-0.2, 0) is 29.5 Å². The third-order valence-electron chi connectivity index (χ3n) is 6.94. The summed E-state index contributed by atoms with van der Waals surface area (Å²) in [5.41, 5.74) is 3.38. The number of ether oxygens (including phenoxy) is 1. The predicted octanol–water partition coefficient (Wildman–Crippen LogP) is 2.73. The molecule has 2 aromatic carbocycles. The number of fused-ring (bicyclic) bond motifs is 2. The molecular weight excluding hydrogens is 456 g/mol. The van der Waals surface area contributed by atoms with Gasteiger partial charge in [-0.25, -0.2) is 0 Å². The Labute approximate surface area is 212 Å². The fourth-order valence-electron chi connectivity index (χ4n) is 4.90. The number of carbonyl (C=O) groups is 2. The van der Waals surface area contributed by atoms with Crippen LogP contribution in [0.25, 0.3) is 10.9 Å². The van der Waals surface area contributed by atoms with Gasteiger partial charge in [-0.3, -0.25) is 9.59 Å². The maximum atomic E-state index is 13.2. The van der Waals surface area contributed by atoms with E-state index < -0.39 is 0 Å². The van der Waals surface area contributed by atoms with E-state index in [0.29, 0.717) is 30.1 Å². The van der Waals surface area contributed by atoms with Crippen molar-refractivity contribution in [3.63, 3.8) is 0 Å². The lowest BCUT2D eigenvalue weighted by Crippen LogP contribution is -2.47. The van der Waals surface area contributed by atoms with Crippen LogP contribution in [0.1, 0.15) is 25.0 Å². The van der Waals surface area contributed by atoms with Gasteiger partial charge in [-0.2, -0.15) is 0 Å². The second-order valence-corrected chi connectivity index (χ2v) is 9.78. The molecule has 8 nitrogen and oxygen atoms in total. The highest BCUT2D eigenvalue weighted by Crippen LogP contribution is 2.29. The first kappa shape index (κ1) is 25.7. The van der Waals surface area contributed by atoms with Crippen molar-refractivity contribution in [2.75, 3.05) is 32.1 Å². The molecule has 0 fully saturated rings. The van der Waals surface area contributed by atoms with Gasteiger partial charge in [-0.15, -0.1) is 0 Å². The molecule has 0 radical (unpaired) electrons. The number of benzene rings is 2. The van der Waals surface area contributed by atoms with E-state index in [1.165, 1.54) is 0 Å². The zero-order chi connectivity index (χ0) is 25.8. The lowest BCUT2D eigenvalue weighted by molar-refractivity contribution is -0.134. The highest BCUT2D eigenvalue weighted by molar-refractivity contribution is 5.96. The van der Waals surface area contributed by atoms with Crippen LogP contribution in [0.15, 0.2) is 48.7 Å². The maximum Gasteiger partial charge on any atom is 0.228 e. The average molecular weight is 493 g/mol. The Morgan fingerprint density at radius 1 is 1.25 bits per heavy atom. The van der Waals surface area contributed by atoms with Gasteiger partial charge < -0.3 is 29.9 Å². The van der Waals surface area contributed by atoms with Gasteiger partial charge in [-0.05, 0) is 43.8 Å². The van der Waals surface area contributed by atoms with Gasteiger partial charge in [0.25, 0.3) is 0 Å². The van der Waals surface area contributed by atoms with Crippen molar-refractivity contribution in [1.82, 2.24) is 14.8 Å². The second-order valence-electron chi connectivity index (χ2n) is 9.78. The largest absolute Gasteiger partial charge is 0.488 e. The summed E-state index contributed by atoms with van der Waals surface area (Å²) < 4.78 is 8.39. The van der Waals surface area contributed by atoms with Crippen LogP contribution in [0.5, 0.6) is 5.75 Å². The number of carbonyl (C=O) groups excluding carboxylic acids is 2. The number of aliphatic hydroxyl groups is 1. The fourth-order valence-corrected chi connectivity index (χ4v) is 4.90. The average Bonchev–Trinajstić information content (AvgIpc) is 3.19. The smallest absolute Gasteiger partial charge is 0.228 e. The van der Waals surface area contributed by atoms with E-state index in [-0.39, 0.29) is 49.3 Å². The van der Waals surface area contributed by atoms with Crippen LogP contribution in [0.2, 0.25) is 0 Å². The van der Waals surface area contributed by atoms with Crippen LogP contribution in [0, 0.1) is 5.92 Å². The number of likely N-dealkylation sites (N-methyl/N-ethyl adjacent to an activating group) is 1. The maximum absolute atomic E-state index is 13.2. The number of aromatic nitrogens is 1. The Hall–Kier alpha value is -3.36. The van der Waals surface area contributed by atoms with E-state index in [9.17, 15) is 14.7 Å². The number of nitrogens with one attached hydrogen (secondary N) is 2. The van der Waals surface area contributed by atoms with E-state index in [1.807, 2.05) is 74.2 Å². The number of nitrogens with zero attached hydrogens (tertiary/aromatic N) is 2. The highest BCUT2D eigenvalue weighted by atomic mass is 16.5. The van der Waals surface area contributed by atoms with E-state index in [2.05, 4.69) is 17.6 Å². The summed E-state index contributed by atoms with van der Waals surface area (Å²) in [6.45, 7) is 4.92. The molecule has 0 aliphatic carbocycles. The van der Waals surface area contributed by atoms with Crippen molar-refractivity contribution in [3.05, 3.63) is 59.8 Å². The number of hydrogen-bond acceptors (Lipinski definition) is 5. The summed E-state index contributed by atoms with van der Waals surface area (Å²) in [4.78, 5) is 27.9. The molecule has 36 heavy (non-hydrogen) atoms. The lowest BCUT2D eigenvalue weighted by atomic mass is 10.0. The standard InChI is InChI=1S/C28H36N4O4/c1-18-15-32(19(2)17-33)28(35)13-20-11-22(9-10-25(20)36-26(18)14-29-3)30-27(34)12-21-16-31(4)24-8-6-5-7-23(21)24/h5-11,16,18-19,26,29,33H,12-15,17H2,1-4H3,(H,30,34)/t18-,19+,26-/m0/s1. The molecule has 4 rings (SSSR count). The molecule has 1 aliphatic rings. The molecule has 3 atom stereocenters. The molecule has 2 amide bonds. The molecule has 0 unspecified atom stereocenters. The molecule has 0 saturated heterocycles. The minimum Gasteiger partial charge on any atom is -0.488 e. The van der Waals surface area contributed by atoms with Crippen LogP contribution in [-0.4, -0.2) is 65.3 Å². The SMILES string of the molecule is CNC[C@@H]1Oc2ccc(NC(=O)Cc3cn(C)c4ccccc34)cc2CC(=O)N([C@H](C)CO)C[C@@H]1C. The number of anilines is 1. The number of hydrogen-bond donors (Lipinski definition) is 3. The fraction of sp³-hybridized carbons (Fsp3) is 0.429. The van der Waals surface area contributed by atoms with E-state index >= 15 is 0 Å². The van der Waals surface area contributed by atoms with Crippen molar-refractivity contribution >= 4 is 28.4 Å². The van der Waals surface area contributed by atoms with Gasteiger partial charge in [0.05, 0.1) is 25.5 Å². The molecule has 0 spiro atoms. The molecule has 0 saturated carbocycles. The Morgan fingerprint density at radius 2 is 2.03 bits per heavy atom. The first-order valence-corrected chi connectivity index (χ1v) is 12.5. The van der Waals surface area contributed by atoms with E-state index in [0.717, 1.165) is 16.5 Å². The van der Waals surface area contributed by atoms with Crippen LogP contribution in [0.3, 0.4) is 0 Å². The Balaban J connectivity index is 1.57. The number of aryl methyl sites for hydroxylation is 1. The van der Waals surface area contributed by atoms with Crippen molar-refractivity contribution < 1.29 is 19.4 Å². The minimum absolute atomic E-state index is 0.0569. The van der Waals surface area contributed by atoms with E-state index in [4.69, 9.17) is 4.74 Å². The molecular formula is C28H36N4O4. The molecule has 1 aromatic heterocycles. The molecule has 2 heterocycles. The molecule has 1 aliphatic heterocycles. The van der Waals surface area contributed by atoms with Crippen LogP contribution in [0.4, 0.5) is 5.69 Å². The summed E-state index contributed by atoms with van der Waals surface area (Å²) in [6.07, 6.45) is 2.21. The van der Waals surface area contributed by atoms with E-state index in [1.54, 1.807) is 4.90 Å². The Bertz CT molecular complexity index is 1240. The van der Waals surface area contributed by atoms with Crippen molar-refractivity contribution in [2.24, 2.45) is 13.0 Å². The molecule has 3 aromatic rings. The Morgan fingerprint density at radius 3 is 2.78 bits per heavy atom. The van der Waals surface area contributed by atoms with Gasteiger partial charge in [0.1, 0.15) is 11.9 Å². The molecule has 0 bridgehead atoms.